The van der Waals surface area contributed by atoms with Crippen molar-refractivity contribution in [1.29, 1.82) is 5.26 Å². The van der Waals surface area contributed by atoms with Crippen LogP contribution in [0.4, 0.5) is 0 Å². The number of amides is 1. The van der Waals surface area contributed by atoms with Gasteiger partial charge in [-0.15, -0.1) is 0 Å². The first-order valence-corrected chi connectivity index (χ1v) is 5.33. The van der Waals surface area contributed by atoms with Crippen molar-refractivity contribution in [3.8, 4) is 6.07 Å². The largest absolute Gasteiger partial charge is 0.386 e. The molecule has 0 fully saturated rings. The molecule has 0 aromatic heterocycles. The number of nitrogens with zero attached hydrogens (tertiary/aromatic N) is 1. The van der Waals surface area contributed by atoms with E-state index in [0.29, 0.717) is 10.0 Å². The molecule has 16 heavy (non-hydrogen) atoms. The van der Waals surface area contributed by atoms with E-state index in [1.807, 2.05) is 6.07 Å². The first-order chi connectivity index (χ1) is 7.27. The topological polar surface area (TPSA) is 87.1 Å². The van der Waals surface area contributed by atoms with Crippen molar-refractivity contribution < 1.29 is 9.90 Å². The van der Waals surface area contributed by atoms with Crippen LogP contribution in [0.2, 0.25) is 0 Å². The highest BCUT2D eigenvalue weighted by Crippen LogP contribution is 2.32. The number of halogens is 1. The van der Waals surface area contributed by atoms with Crippen LogP contribution in [0, 0.1) is 11.3 Å². The van der Waals surface area contributed by atoms with Crippen LogP contribution in [0.1, 0.15) is 35.3 Å². The average Bonchev–Trinajstić information content (AvgIpc) is 2.14. The Morgan fingerprint density at radius 2 is 2.12 bits per heavy atom. The van der Waals surface area contributed by atoms with Crippen LogP contribution in [-0.2, 0) is 5.60 Å². The average molecular weight is 283 g/mol. The number of carbonyl (C=O) groups excluding carboxylic acids is 1. The molecule has 0 unspecified atom stereocenters. The van der Waals surface area contributed by atoms with Crippen molar-refractivity contribution in [2.24, 2.45) is 5.73 Å². The molecule has 0 aliphatic carbocycles. The molecule has 0 saturated carbocycles. The minimum absolute atomic E-state index is 0.232. The maximum Gasteiger partial charge on any atom is 0.248 e. The highest BCUT2D eigenvalue weighted by molar-refractivity contribution is 9.10. The van der Waals surface area contributed by atoms with Gasteiger partial charge in [-0.2, -0.15) is 5.26 Å². The number of hydrogen-bond acceptors (Lipinski definition) is 3. The number of hydrogen-bond donors (Lipinski definition) is 2. The summed E-state index contributed by atoms with van der Waals surface area (Å²) in [5.41, 5.74) is 4.88. The Labute approximate surface area is 102 Å². The van der Waals surface area contributed by atoms with E-state index in [2.05, 4.69) is 15.9 Å². The summed E-state index contributed by atoms with van der Waals surface area (Å²) in [5.74, 6) is -0.612. The lowest BCUT2D eigenvalue weighted by molar-refractivity contribution is 0.0774. The van der Waals surface area contributed by atoms with E-state index in [9.17, 15) is 9.90 Å². The fourth-order valence-electron chi connectivity index (χ4n) is 1.46. The molecule has 1 amide bonds. The first-order valence-electron chi connectivity index (χ1n) is 4.53. The van der Waals surface area contributed by atoms with E-state index in [-0.39, 0.29) is 11.1 Å². The van der Waals surface area contributed by atoms with Gasteiger partial charge in [0.1, 0.15) is 0 Å². The van der Waals surface area contributed by atoms with Crippen LogP contribution >= 0.6 is 15.9 Å². The first kappa shape index (κ1) is 12.7. The minimum Gasteiger partial charge on any atom is -0.386 e. The van der Waals surface area contributed by atoms with Crippen LogP contribution in [0.3, 0.4) is 0 Å². The molecule has 4 nitrogen and oxygen atoms in total. The third-order valence-electron chi connectivity index (χ3n) is 2.11. The van der Waals surface area contributed by atoms with E-state index in [0.717, 1.165) is 0 Å². The second kappa shape index (κ2) is 4.24. The molecule has 1 aromatic carbocycles. The normalized spacial score (nSPS) is 10.9. The van der Waals surface area contributed by atoms with Crippen LogP contribution in [0.5, 0.6) is 0 Å². The standard InChI is InChI=1S/C11H11BrN2O2/c1-11(2,16)9-7(5-13)3-6(10(14)15)4-8(9)12/h3-4,16H,1-2H3,(H2,14,15). The Balaban J connectivity index is 3.55. The van der Waals surface area contributed by atoms with Crippen LogP contribution in [-0.4, -0.2) is 11.0 Å². The third-order valence-corrected chi connectivity index (χ3v) is 2.73. The highest BCUT2D eigenvalue weighted by atomic mass is 79.9. The molecule has 5 heteroatoms. The summed E-state index contributed by atoms with van der Waals surface area (Å²) in [5, 5.41) is 18.9. The molecule has 0 atom stereocenters. The Kier molecular flexibility index (Phi) is 3.36. The molecular formula is C11H11BrN2O2. The van der Waals surface area contributed by atoms with Crippen molar-refractivity contribution in [3.63, 3.8) is 0 Å². The summed E-state index contributed by atoms with van der Waals surface area (Å²) in [6, 6.07) is 4.81. The molecule has 84 valence electrons. The minimum atomic E-state index is -1.17. The fourth-order valence-corrected chi connectivity index (χ4v) is 2.40. The Morgan fingerprint density at radius 1 is 1.56 bits per heavy atom. The lowest BCUT2D eigenvalue weighted by Gasteiger charge is -2.21. The maximum atomic E-state index is 11.0. The summed E-state index contributed by atoms with van der Waals surface area (Å²) < 4.78 is 0.493. The summed E-state index contributed by atoms with van der Waals surface area (Å²) in [6.07, 6.45) is 0. The Morgan fingerprint density at radius 3 is 2.50 bits per heavy atom. The molecule has 0 radical (unpaired) electrons. The van der Waals surface area contributed by atoms with Gasteiger partial charge in [-0.25, -0.2) is 0 Å². The van der Waals surface area contributed by atoms with Crippen LogP contribution < -0.4 is 5.73 Å². The van der Waals surface area contributed by atoms with Crippen molar-refractivity contribution >= 4 is 21.8 Å². The summed E-state index contributed by atoms with van der Waals surface area (Å²) in [7, 11) is 0. The van der Waals surface area contributed by atoms with Gasteiger partial charge in [0.25, 0.3) is 0 Å². The van der Waals surface area contributed by atoms with Crippen molar-refractivity contribution in [3.05, 3.63) is 33.3 Å². The number of nitrogens with two attached hydrogens (primary N) is 1. The second-order valence-electron chi connectivity index (χ2n) is 3.92. The number of benzene rings is 1. The molecule has 3 N–H and O–H groups in total. The lowest BCUT2D eigenvalue weighted by Crippen LogP contribution is -2.20. The number of carbonyl (C=O) groups is 1. The summed E-state index contributed by atoms with van der Waals surface area (Å²) >= 11 is 3.22. The molecule has 0 spiro atoms. The predicted octanol–water partition coefficient (Wildman–Crippen LogP) is 1.65. The van der Waals surface area contributed by atoms with E-state index >= 15 is 0 Å². The molecule has 0 aliphatic rings. The number of nitriles is 1. The van der Waals surface area contributed by atoms with Gasteiger partial charge < -0.3 is 10.8 Å². The molecule has 0 saturated heterocycles. The van der Waals surface area contributed by atoms with Gasteiger partial charge >= 0.3 is 0 Å². The summed E-state index contributed by atoms with van der Waals surface area (Å²) in [6.45, 7) is 3.13. The maximum absolute atomic E-state index is 11.0. The zero-order valence-corrected chi connectivity index (χ0v) is 10.5. The van der Waals surface area contributed by atoms with E-state index < -0.39 is 11.5 Å². The Bertz CT molecular complexity index is 484. The van der Waals surface area contributed by atoms with Gasteiger partial charge in [0, 0.05) is 15.6 Å². The zero-order chi connectivity index (χ0) is 12.5. The van der Waals surface area contributed by atoms with Crippen molar-refractivity contribution in [1.82, 2.24) is 0 Å². The lowest BCUT2D eigenvalue weighted by atomic mass is 9.92. The van der Waals surface area contributed by atoms with E-state index in [4.69, 9.17) is 11.0 Å². The van der Waals surface area contributed by atoms with Gasteiger partial charge in [0.05, 0.1) is 17.2 Å². The molecule has 0 bridgehead atoms. The SMILES string of the molecule is CC(C)(O)c1c(Br)cc(C(N)=O)cc1C#N. The van der Waals surface area contributed by atoms with Gasteiger partial charge in [-0.05, 0) is 26.0 Å². The van der Waals surface area contributed by atoms with E-state index in [1.165, 1.54) is 12.1 Å². The predicted molar refractivity (Wildman–Crippen MR) is 62.6 cm³/mol. The highest BCUT2D eigenvalue weighted by Gasteiger charge is 2.24. The van der Waals surface area contributed by atoms with Gasteiger partial charge in [0.2, 0.25) is 5.91 Å². The van der Waals surface area contributed by atoms with Gasteiger partial charge in [-0.3, -0.25) is 4.79 Å². The van der Waals surface area contributed by atoms with E-state index in [1.54, 1.807) is 13.8 Å². The molecular weight excluding hydrogens is 272 g/mol. The fraction of sp³-hybridized carbons (Fsp3) is 0.273. The third kappa shape index (κ3) is 2.40. The summed E-state index contributed by atoms with van der Waals surface area (Å²) in [4.78, 5) is 11.0. The smallest absolute Gasteiger partial charge is 0.248 e. The van der Waals surface area contributed by atoms with Crippen LogP contribution in [0.25, 0.3) is 0 Å². The van der Waals surface area contributed by atoms with Gasteiger partial charge in [0.15, 0.2) is 0 Å². The second-order valence-corrected chi connectivity index (χ2v) is 4.77. The molecule has 0 aliphatic heterocycles. The monoisotopic (exact) mass is 282 g/mol. The number of primary amides is 1. The number of aliphatic hydroxyl groups is 1. The van der Waals surface area contributed by atoms with Gasteiger partial charge in [-0.1, -0.05) is 15.9 Å². The zero-order valence-electron chi connectivity index (χ0n) is 8.91. The van der Waals surface area contributed by atoms with Crippen LogP contribution in [0.15, 0.2) is 16.6 Å². The molecule has 1 rings (SSSR count). The number of rotatable bonds is 2. The quantitative estimate of drug-likeness (QED) is 0.865. The molecule has 1 aromatic rings. The molecule has 0 heterocycles. The Hall–Kier alpha value is -1.38. The van der Waals surface area contributed by atoms with Crippen molar-refractivity contribution in [2.75, 3.05) is 0 Å². The van der Waals surface area contributed by atoms with Crippen molar-refractivity contribution in [2.45, 2.75) is 19.4 Å².